The Morgan fingerprint density at radius 3 is 2.60 bits per heavy atom. The summed E-state index contributed by atoms with van der Waals surface area (Å²) in [7, 11) is 0. The summed E-state index contributed by atoms with van der Waals surface area (Å²) in [6, 6.07) is 6.76. The maximum absolute atomic E-state index is 12.9. The number of halogens is 1. The molecule has 1 heterocycles. The zero-order chi connectivity index (χ0) is 18.2. The van der Waals surface area contributed by atoms with Gasteiger partial charge in [-0.25, -0.2) is 4.79 Å². The van der Waals surface area contributed by atoms with Crippen LogP contribution in [0.3, 0.4) is 0 Å². The summed E-state index contributed by atoms with van der Waals surface area (Å²) in [4.78, 5) is 40.1. The molecule has 2 fully saturated rings. The van der Waals surface area contributed by atoms with E-state index in [0.29, 0.717) is 11.4 Å². The zero-order valence-electron chi connectivity index (χ0n) is 14.6. The van der Waals surface area contributed by atoms with Gasteiger partial charge in [0.1, 0.15) is 6.42 Å². The van der Waals surface area contributed by atoms with Crippen molar-refractivity contribution in [1.29, 1.82) is 0 Å². The highest BCUT2D eigenvalue weighted by Crippen LogP contribution is 2.41. The quantitative estimate of drug-likeness (QED) is 0.768. The highest BCUT2D eigenvalue weighted by atomic mass is 35.5. The topological polar surface area (TPSA) is 57.7 Å². The van der Waals surface area contributed by atoms with E-state index >= 15 is 0 Å². The van der Waals surface area contributed by atoms with Gasteiger partial charge in [-0.3, -0.25) is 19.4 Å². The van der Waals surface area contributed by atoms with Crippen molar-refractivity contribution >= 4 is 29.4 Å². The average Bonchev–Trinajstić information content (AvgIpc) is 2.86. The summed E-state index contributed by atoms with van der Waals surface area (Å²) in [5.41, 5.74) is 0.849. The van der Waals surface area contributed by atoms with Gasteiger partial charge in [0.15, 0.2) is 0 Å². The minimum Gasteiger partial charge on any atom is -0.274 e. The fraction of sp³-hybridized carbons (Fsp3) is 0.526. The highest BCUT2D eigenvalue weighted by Gasteiger charge is 2.48. The van der Waals surface area contributed by atoms with Crippen LogP contribution in [-0.4, -0.2) is 40.2 Å². The zero-order valence-corrected chi connectivity index (χ0v) is 15.4. The fourth-order valence-corrected chi connectivity index (χ4v) is 4.11. The first-order chi connectivity index (χ1) is 11.8. The van der Waals surface area contributed by atoms with Crippen LogP contribution in [0.2, 0.25) is 5.02 Å². The third-order valence-electron chi connectivity index (χ3n) is 5.33. The standard InChI is InChI=1S/C19H23ClN2O3/c1-19(2)9-4-7-15(19)22-17(24)12-16(23)21(18(22)25)10-8-13-5-3-6-14(20)11-13/h3,5-6,11,15H,4,7-10,12H2,1-2H3/t15-/m1/s1. The van der Waals surface area contributed by atoms with Crippen molar-refractivity contribution in [3.63, 3.8) is 0 Å². The van der Waals surface area contributed by atoms with Gasteiger partial charge >= 0.3 is 6.03 Å². The summed E-state index contributed by atoms with van der Waals surface area (Å²) < 4.78 is 0. The number of urea groups is 1. The Hall–Kier alpha value is -1.88. The third kappa shape index (κ3) is 3.56. The second kappa shape index (κ2) is 6.79. The molecular weight excluding hydrogens is 340 g/mol. The van der Waals surface area contributed by atoms with Crippen molar-refractivity contribution in [2.24, 2.45) is 5.41 Å². The van der Waals surface area contributed by atoms with Gasteiger partial charge in [0.2, 0.25) is 11.8 Å². The van der Waals surface area contributed by atoms with Crippen molar-refractivity contribution in [1.82, 2.24) is 9.80 Å². The van der Waals surface area contributed by atoms with Gasteiger partial charge in [-0.1, -0.05) is 44.0 Å². The van der Waals surface area contributed by atoms with Gasteiger partial charge in [0.25, 0.3) is 0 Å². The maximum Gasteiger partial charge on any atom is 0.333 e. The van der Waals surface area contributed by atoms with Crippen LogP contribution in [0.25, 0.3) is 0 Å². The molecule has 1 saturated heterocycles. The van der Waals surface area contributed by atoms with Gasteiger partial charge in [0, 0.05) is 17.6 Å². The largest absolute Gasteiger partial charge is 0.333 e. The van der Waals surface area contributed by atoms with Gasteiger partial charge < -0.3 is 0 Å². The molecule has 4 amide bonds. The Kier molecular flexibility index (Phi) is 4.87. The predicted molar refractivity (Wildman–Crippen MR) is 95.1 cm³/mol. The molecule has 3 rings (SSSR count). The molecule has 1 saturated carbocycles. The second-order valence-corrected chi connectivity index (χ2v) is 7.98. The van der Waals surface area contributed by atoms with Crippen molar-refractivity contribution < 1.29 is 14.4 Å². The number of hydrogen-bond acceptors (Lipinski definition) is 3. The number of nitrogens with zero attached hydrogens (tertiary/aromatic N) is 2. The number of benzene rings is 1. The summed E-state index contributed by atoms with van der Waals surface area (Å²) in [6.07, 6.45) is 3.07. The smallest absolute Gasteiger partial charge is 0.274 e. The molecule has 0 unspecified atom stereocenters. The van der Waals surface area contributed by atoms with Crippen molar-refractivity contribution in [2.45, 2.75) is 52.0 Å². The Morgan fingerprint density at radius 1 is 1.20 bits per heavy atom. The van der Waals surface area contributed by atoms with Crippen LogP contribution in [-0.2, 0) is 16.0 Å². The number of carbonyl (C=O) groups excluding carboxylic acids is 3. The number of barbiturate groups is 1. The van der Waals surface area contributed by atoms with Crippen LogP contribution in [0.5, 0.6) is 0 Å². The fourth-order valence-electron chi connectivity index (χ4n) is 3.90. The van der Waals surface area contributed by atoms with Crippen LogP contribution in [0.1, 0.15) is 45.1 Å². The normalized spacial score (nSPS) is 23.5. The molecule has 1 aliphatic carbocycles. The van der Waals surface area contributed by atoms with Crippen LogP contribution < -0.4 is 0 Å². The molecule has 1 aromatic rings. The predicted octanol–water partition coefficient (Wildman–Crippen LogP) is 3.64. The molecule has 0 aromatic heterocycles. The Morgan fingerprint density at radius 2 is 1.96 bits per heavy atom. The molecule has 5 nitrogen and oxygen atoms in total. The molecule has 2 aliphatic rings. The monoisotopic (exact) mass is 362 g/mol. The van der Waals surface area contributed by atoms with E-state index in [2.05, 4.69) is 13.8 Å². The molecule has 0 spiro atoms. The van der Waals surface area contributed by atoms with Crippen molar-refractivity contribution in [3.8, 4) is 0 Å². The molecule has 134 valence electrons. The Labute approximate surface area is 152 Å². The van der Waals surface area contributed by atoms with Crippen LogP contribution in [0.15, 0.2) is 24.3 Å². The van der Waals surface area contributed by atoms with Gasteiger partial charge in [-0.05, 0) is 42.4 Å². The van der Waals surface area contributed by atoms with E-state index in [9.17, 15) is 14.4 Å². The first kappa shape index (κ1) is 17.9. The van der Waals surface area contributed by atoms with E-state index in [1.807, 2.05) is 18.2 Å². The molecule has 6 heteroatoms. The maximum atomic E-state index is 12.9. The van der Waals surface area contributed by atoms with Crippen molar-refractivity contribution in [3.05, 3.63) is 34.9 Å². The molecule has 1 aliphatic heterocycles. The third-order valence-corrected chi connectivity index (χ3v) is 5.57. The lowest BCUT2D eigenvalue weighted by Gasteiger charge is -2.41. The molecule has 1 atom stereocenters. The van der Waals surface area contributed by atoms with Crippen LogP contribution >= 0.6 is 11.6 Å². The molecule has 1 aromatic carbocycles. The second-order valence-electron chi connectivity index (χ2n) is 7.54. The van der Waals surface area contributed by atoms with Crippen molar-refractivity contribution in [2.75, 3.05) is 6.54 Å². The number of carbonyl (C=O) groups is 3. The SMILES string of the molecule is CC1(C)CCC[C@H]1N1C(=O)CC(=O)N(CCc2cccc(Cl)c2)C1=O. The van der Waals surface area contributed by atoms with E-state index in [-0.39, 0.29) is 30.3 Å². The van der Waals surface area contributed by atoms with Gasteiger partial charge in [0.05, 0.1) is 0 Å². The Bertz CT molecular complexity index is 716. The lowest BCUT2D eigenvalue weighted by molar-refractivity contribution is -0.145. The number of imide groups is 2. The summed E-state index contributed by atoms with van der Waals surface area (Å²) in [5, 5.41) is 0.623. The van der Waals surface area contributed by atoms with E-state index < -0.39 is 11.9 Å². The first-order valence-corrected chi connectivity index (χ1v) is 9.08. The first-order valence-electron chi connectivity index (χ1n) is 8.70. The average molecular weight is 363 g/mol. The lowest BCUT2D eigenvalue weighted by Crippen LogP contribution is -2.60. The molecule has 0 N–H and O–H groups in total. The summed E-state index contributed by atoms with van der Waals surface area (Å²) in [6.45, 7) is 4.42. The number of amides is 4. The van der Waals surface area contributed by atoms with E-state index in [4.69, 9.17) is 11.6 Å². The van der Waals surface area contributed by atoms with E-state index in [1.54, 1.807) is 6.07 Å². The van der Waals surface area contributed by atoms with Crippen LogP contribution in [0, 0.1) is 5.41 Å². The molecular formula is C19H23ClN2O3. The van der Waals surface area contributed by atoms with E-state index in [1.165, 1.54) is 9.80 Å². The van der Waals surface area contributed by atoms with E-state index in [0.717, 1.165) is 24.8 Å². The number of rotatable bonds is 4. The summed E-state index contributed by atoms with van der Waals surface area (Å²) in [5.74, 6) is -0.780. The summed E-state index contributed by atoms with van der Waals surface area (Å²) >= 11 is 5.98. The Balaban J connectivity index is 1.76. The van der Waals surface area contributed by atoms with Gasteiger partial charge in [-0.15, -0.1) is 0 Å². The lowest BCUT2D eigenvalue weighted by atomic mass is 9.86. The minimum absolute atomic E-state index is 0.107. The van der Waals surface area contributed by atoms with Gasteiger partial charge in [-0.2, -0.15) is 0 Å². The number of hydrogen-bond donors (Lipinski definition) is 0. The minimum atomic E-state index is -0.469. The molecule has 0 radical (unpaired) electrons. The molecule has 0 bridgehead atoms. The highest BCUT2D eigenvalue weighted by molar-refractivity contribution is 6.30. The molecule has 25 heavy (non-hydrogen) atoms. The van der Waals surface area contributed by atoms with Crippen LogP contribution in [0.4, 0.5) is 4.79 Å².